The highest BCUT2D eigenvalue weighted by Gasteiger charge is 2.30. The van der Waals surface area contributed by atoms with Crippen LogP contribution in [0.4, 0.5) is 13.2 Å². The van der Waals surface area contributed by atoms with Gasteiger partial charge in [0.1, 0.15) is 24.2 Å². The van der Waals surface area contributed by atoms with Crippen molar-refractivity contribution in [1.29, 1.82) is 0 Å². The van der Waals surface area contributed by atoms with Crippen molar-refractivity contribution < 1.29 is 27.8 Å². The Morgan fingerprint density at radius 1 is 1.33 bits per heavy atom. The summed E-state index contributed by atoms with van der Waals surface area (Å²) in [5, 5.41) is 8.93. The number of alkyl halides is 3. The molecule has 2 aromatic rings. The molecule has 0 aliphatic carbocycles. The SMILES string of the molecule is O=C(O)c1cncnc1COc1cccc(C(F)(F)F)c1. The summed E-state index contributed by atoms with van der Waals surface area (Å²) < 4.78 is 42.8. The normalized spacial score (nSPS) is 11.2. The first kappa shape index (κ1) is 14.8. The smallest absolute Gasteiger partial charge is 0.416 e. The lowest BCUT2D eigenvalue weighted by atomic mass is 10.2. The number of hydrogen-bond acceptors (Lipinski definition) is 4. The first-order valence-corrected chi connectivity index (χ1v) is 5.70. The summed E-state index contributed by atoms with van der Waals surface area (Å²) in [7, 11) is 0. The average molecular weight is 298 g/mol. The molecule has 0 amide bonds. The number of carbonyl (C=O) groups is 1. The molecule has 0 unspecified atom stereocenters. The number of benzene rings is 1. The molecule has 2 rings (SSSR count). The maximum absolute atomic E-state index is 12.5. The quantitative estimate of drug-likeness (QED) is 0.939. The van der Waals surface area contributed by atoms with Gasteiger partial charge >= 0.3 is 12.1 Å². The van der Waals surface area contributed by atoms with E-state index in [-0.39, 0.29) is 23.6 Å². The van der Waals surface area contributed by atoms with Gasteiger partial charge in [0.2, 0.25) is 0 Å². The number of halogens is 3. The maximum atomic E-state index is 12.5. The Kier molecular flexibility index (Phi) is 4.06. The largest absolute Gasteiger partial charge is 0.487 e. The predicted octanol–water partition coefficient (Wildman–Crippen LogP) is 2.77. The lowest BCUT2D eigenvalue weighted by Gasteiger charge is -2.10. The Balaban J connectivity index is 2.16. The first-order chi connectivity index (χ1) is 9.88. The summed E-state index contributed by atoms with van der Waals surface area (Å²) in [6.07, 6.45) is -2.24. The van der Waals surface area contributed by atoms with Crippen LogP contribution in [0, 0.1) is 0 Å². The molecule has 0 spiro atoms. The molecule has 0 fully saturated rings. The monoisotopic (exact) mass is 298 g/mol. The second-order valence-corrected chi connectivity index (χ2v) is 4.00. The van der Waals surface area contributed by atoms with Gasteiger partial charge in [0.15, 0.2) is 0 Å². The number of nitrogens with zero attached hydrogens (tertiary/aromatic N) is 2. The van der Waals surface area contributed by atoms with Crippen molar-refractivity contribution in [3.63, 3.8) is 0 Å². The van der Waals surface area contributed by atoms with Gasteiger partial charge in [-0.1, -0.05) is 6.07 Å². The minimum absolute atomic E-state index is 0.0280. The highest BCUT2D eigenvalue weighted by atomic mass is 19.4. The van der Waals surface area contributed by atoms with E-state index in [0.29, 0.717) is 0 Å². The summed E-state index contributed by atoms with van der Waals surface area (Å²) in [6, 6.07) is 4.30. The van der Waals surface area contributed by atoms with E-state index in [0.717, 1.165) is 24.7 Å². The number of ether oxygens (including phenoxy) is 1. The fourth-order valence-electron chi connectivity index (χ4n) is 1.56. The molecule has 8 heteroatoms. The minimum Gasteiger partial charge on any atom is -0.487 e. The van der Waals surface area contributed by atoms with Crippen molar-refractivity contribution in [2.75, 3.05) is 0 Å². The van der Waals surface area contributed by atoms with Gasteiger partial charge in [0, 0.05) is 6.20 Å². The third-order valence-electron chi connectivity index (χ3n) is 2.56. The van der Waals surface area contributed by atoms with E-state index in [9.17, 15) is 18.0 Å². The van der Waals surface area contributed by atoms with Gasteiger partial charge in [-0.2, -0.15) is 13.2 Å². The number of rotatable bonds is 4. The third kappa shape index (κ3) is 3.68. The van der Waals surface area contributed by atoms with Crippen LogP contribution < -0.4 is 4.74 Å². The van der Waals surface area contributed by atoms with Crippen LogP contribution in [0.25, 0.3) is 0 Å². The van der Waals surface area contributed by atoms with E-state index >= 15 is 0 Å². The van der Waals surface area contributed by atoms with Crippen LogP contribution in [0.15, 0.2) is 36.8 Å². The fraction of sp³-hybridized carbons (Fsp3) is 0.154. The molecular weight excluding hydrogens is 289 g/mol. The zero-order chi connectivity index (χ0) is 15.5. The first-order valence-electron chi connectivity index (χ1n) is 5.70. The number of aromatic carboxylic acids is 1. The van der Waals surface area contributed by atoms with Crippen molar-refractivity contribution in [2.24, 2.45) is 0 Å². The molecule has 5 nitrogen and oxygen atoms in total. The lowest BCUT2D eigenvalue weighted by molar-refractivity contribution is -0.137. The van der Waals surface area contributed by atoms with Gasteiger partial charge in [-0.15, -0.1) is 0 Å². The molecule has 110 valence electrons. The van der Waals surface area contributed by atoms with Gasteiger partial charge in [0.25, 0.3) is 0 Å². The van der Waals surface area contributed by atoms with Gasteiger partial charge in [-0.3, -0.25) is 0 Å². The third-order valence-corrected chi connectivity index (χ3v) is 2.56. The van der Waals surface area contributed by atoms with Crippen LogP contribution in [0.5, 0.6) is 5.75 Å². The Bertz CT molecular complexity index is 659. The summed E-state index contributed by atoms with van der Waals surface area (Å²) in [5.74, 6) is -1.27. The van der Waals surface area contributed by atoms with Crippen LogP contribution in [-0.2, 0) is 12.8 Å². The predicted molar refractivity (Wildman–Crippen MR) is 64.8 cm³/mol. The highest BCUT2D eigenvalue weighted by Crippen LogP contribution is 2.31. The average Bonchev–Trinajstić information content (AvgIpc) is 2.45. The molecule has 0 bridgehead atoms. The topological polar surface area (TPSA) is 72.3 Å². The Hall–Kier alpha value is -2.64. The number of carboxylic acid groups (broad SMARTS) is 1. The molecule has 0 saturated carbocycles. The summed E-state index contributed by atoms with van der Waals surface area (Å²) >= 11 is 0. The second kappa shape index (κ2) is 5.78. The molecule has 0 saturated heterocycles. The maximum Gasteiger partial charge on any atom is 0.416 e. The Labute approximate surface area is 117 Å². The molecule has 0 radical (unpaired) electrons. The molecule has 1 aromatic heterocycles. The van der Waals surface area contributed by atoms with E-state index in [1.807, 2.05) is 0 Å². The summed E-state index contributed by atoms with van der Waals surface area (Å²) in [6.45, 7) is -0.272. The van der Waals surface area contributed by atoms with Crippen molar-refractivity contribution in [3.8, 4) is 5.75 Å². The van der Waals surface area contributed by atoms with Gasteiger partial charge in [-0.25, -0.2) is 14.8 Å². The number of aromatic nitrogens is 2. The fourth-order valence-corrected chi connectivity index (χ4v) is 1.56. The van der Waals surface area contributed by atoms with Crippen LogP contribution in [-0.4, -0.2) is 21.0 Å². The minimum atomic E-state index is -4.47. The molecule has 0 aliphatic rings. The van der Waals surface area contributed by atoms with Crippen LogP contribution in [0.1, 0.15) is 21.6 Å². The van der Waals surface area contributed by atoms with Crippen molar-refractivity contribution in [1.82, 2.24) is 9.97 Å². The van der Waals surface area contributed by atoms with Crippen LogP contribution >= 0.6 is 0 Å². The lowest BCUT2D eigenvalue weighted by Crippen LogP contribution is -2.09. The number of hydrogen-bond donors (Lipinski definition) is 1. The zero-order valence-corrected chi connectivity index (χ0v) is 10.5. The highest BCUT2D eigenvalue weighted by molar-refractivity contribution is 5.88. The Morgan fingerprint density at radius 3 is 2.76 bits per heavy atom. The molecule has 21 heavy (non-hydrogen) atoms. The number of carboxylic acids is 1. The molecule has 0 atom stereocenters. The van der Waals surface area contributed by atoms with E-state index in [1.54, 1.807) is 0 Å². The molecule has 0 aliphatic heterocycles. The standard InChI is InChI=1S/C13H9F3N2O3/c14-13(15,16)8-2-1-3-9(4-8)21-6-11-10(12(19)20)5-17-7-18-11/h1-5,7H,6H2,(H,19,20). The van der Waals surface area contributed by atoms with Crippen molar-refractivity contribution in [3.05, 3.63) is 53.6 Å². The van der Waals surface area contributed by atoms with Gasteiger partial charge in [0.05, 0.1) is 11.3 Å². The van der Waals surface area contributed by atoms with E-state index in [2.05, 4.69) is 9.97 Å². The summed E-state index contributed by atoms with van der Waals surface area (Å²) in [5.41, 5.74) is -0.930. The van der Waals surface area contributed by atoms with Gasteiger partial charge < -0.3 is 9.84 Å². The molecule has 1 N–H and O–H groups in total. The van der Waals surface area contributed by atoms with E-state index < -0.39 is 17.7 Å². The second-order valence-electron chi connectivity index (χ2n) is 4.00. The zero-order valence-electron chi connectivity index (χ0n) is 10.5. The van der Waals surface area contributed by atoms with E-state index in [4.69, 9.17) is 9.84 Å². The van der Waals surface area contributed by atoms with Crippen LogP contribution in [0.2, 0.25) is 0 Å². The summed E-state index contributed by atoms with van der Waals surface area (Å²) in [4.78, 5) is 18.3. The van der Waals surface area contributed by atoms with E-state index in [1.165, 1.54) is 12.1 Å². The van der Waals surface area contributed by atoms with Crippen molar-refractivity contribution in [2.45, 2.75) is 12.8 Å². The Morgan fingerprint density at radius 2 is 2.10 bits per heavy atom. The molecular formula is C13H9F3N2O3. The van der Waals surface area contributed by atoms with Gasteiger partial charge in [-0.05, 0) is 18.2 Å². The van der Waals surface area contributed by atoms with Crippen molar-refractivity contribution >= 4 is 5.97 Å². The molecule has 1 aromatic carbocycles. The van der Waals surface area contributed by atoms with Crippen LogP contribution in [0.3, 0.4) is 0 Å². The molecule has 1 heterocycles.